The fraction of sp³-hybridized carbons (Fsp3) is 0.462. The lowest BCUT2D eigenvalue weighted by Crippen LogP contribution is -2.08. The van der Waals surface area contributed by atoms with Crippen LogP contribution in [-0.4, -0.2) is 43.6 Å². The van der Waals surface area contributed by atoms with Gasteiger partial charge in [0.05, 0.1) is 24.9 Å². The molecule has 1 aromatic carbocycles. The van der Waals surface area contributed by atoms with E-state index in [1.54, 1.807) is 12.1 Å². The van der Waals surface area contributed by atoms with Gasteiger partial charge in [0.1, 0.15) is 12.4 Å². The first-order chi connectivity index (χ1) is 8.75. The standard InChI is InChI=1S/C13H16O5/c14-13(15)10-1-3-11(4-2-10)17-8-7-16-6-5-12-9-18-12/h1-4,12H,5-9H2,(H,14,15). The predicted octanol–water partition coefficient (Wildman–Crippen LogP) is 1.57. The van der Waals surface area contributed by atoms with Gasteiger partial charge in [0, 0.05) is 6.61 Å². The van der Waals surface area contributed by atoms with E-state index in [2.05, 4.69) is 0 Å². The van der Waals surface area contributed by atoms with Gasteiger partial charge in [0.15, 0.2) is 0 Å². The zero-order valence-electron chi connectivity index (χ0n) is 10.0. The first-order valence-corrected chi connectivity index (χ1v) is 5.91. The van der Waals surface area contributed by atoms with E-state index in [1.807, 2.05) is 0 Å². The Morgan fingerprint density at radius 3 is 2.61 bits per heavy atom. The lowest BCUT2D eigenvalue weighted by molar-refractivity contribution is 0.0696. The summed E-state index contributed by atoms with van der Waals surface area (Å²) in [6.45, 7) is 2.52. The van der Waals surface area contributed by atoms with Crippen molar-refractivity contribution in [3.63, 3.8) is 0 Å². The average Bonchev–Trinajstić information content (AvgIpc) is 3.18. The van der Waals surface area contributed by atoms with Crippen molar-refractivity contribution in [1.29, 1.82) is 0 Å². The molecule has 0 radical (unpaired) electrons. The summed E-state index contributed by atoms with van der Waals surface area (Å²) in [5.41, 5.74) is 0.253. The second-order valence-electron chi connectivity index (χ2n) is 4.03. The molecule has 1 saturated heterocycles. The third-order valence-electron chi connectivity index (χ3n) is 2.58. The van der Waals surface area contributed by atoms with Crippen molar-refractivity contribution in [1.82, 2.24) is 0 Å². The summed E-state index contributed by atoms with van der Waals surface area (Å²) in [5.74, 6) is -0.290. The van der Waals surface area contributed by atoms with Crippen molar-refractivity contribution in [2.75, 3.05) is 26.4 Å². The van der Waals surface area contributed by atoms with Gasteiger partial charge in [-0.1, -0.05) is 0 Å². The second kappa shape index (κ2) is 6.37. The van der Waals surface area contributed by atoms with Gasteiger partial charge >= 0.3 is 5.97 Å². The molecule has 1 unspecified atom stereocenters. The number of epoxide rings is 1. The van der Waals surface area contributed by atoms with Crippen molar-refractivity contribution in [3.8, 4) is 5.75 Å². The largest absolute Gasteiger partial charge is 0.491 e. The average molecular weight is 252 g/mol. The molecule has 0 aliphatic carbocycles. The number of hydrogen-bond acceptors (Lipinski definition) is 4. The second-order valence-corrected chi connectivity index (χ2v) is 4.03. The zero-order valence-corrected chi connectivity index (χ0v) is 10.0. The van der Waals surface area contributed by atoms with E-state index >= 15 is 0 Å². The zero-order chi connectivity index (χ0) is 12.8. The van der Waals surface area contributed by atoms with Crippen LogP contribution in [0.5, 0.6) is 5.75 Å². The summed E-state index contributed by atoms with van der Waals surface area (Å²) in [6.07, 6.45) is 1.34. The molecule has 1 aromatic rings. The number of carbonyl (C=O) groups is 1. The third kappa shape index (κ3) is 4.35. The van der Waals surface area contributed by atoms with E-state index in [0.717, 1.165) is 13.0 Å². The molecule has 2 rings (SSSR count). The molecule has 0 bridgehead atoms. The first-order valence-electron chi connectivity index (χ1n) is 5.91. The van der Waals surface area contributed by atoms with E-state index < -0.39 is 5.97 Å². The van der Waals surface area contributed by atoms with Gasteiger partial charge in [-0.2, -0.15) is 0 Å². The summed E-state index contributed by atoms with van der Waals surface area (Å²) in [4.78, 5) is 10.6. The minimum absolute atomic E-state index is 0.253. The smallest absolute Gasteiger partial charge is 0.335 e. The van der Waals surface area contributed by atoms with Crippen LogP contribution in [0.1, 0.15) is 16.8 Å². The predicted molar refractivity (Wildman–Crippen MR) is 64.1 cm³/mol. The van der Waals surface area contributed by atoms with Gasteiger partial charge in [-0.25, -0.2) is 4.79 Å². The molecular formula is C13H16O5. The number of carboxylic acids is 1. The normalized spacial score (nSPS) is 17.4. The van der Waals surface area contributed by atoms with E-state index in [-0.39, 0.29) is 5.56 Å². The first kappa shape index (κ1) is 12.9. The van der Waals surface area contributed by atoms with Gasteiger partial charge in [0.2, 0.25) is 0 Å². The van der Waals surface area contributed by atoms with Crippen molar-refractivity contribution in [2.45, 2.75) is 12.5 Å². The maximum Gasteiger partial charge on any atom is 0.335 e. The molecule has 98 valence electrons. The molecule has 1 aliphatic heterocycles. The Balaban J connectivity index is 1.58. The summed E-state index contributed by atoms with van der Waals surface area (Å²) in [6, 6.07) is 6.31. The Labute approximate surface area is 105 Å². The Bertz CT molecular complexity index is 383. The Kier molecular flexibility index (Phi) is 4.55. The fourth-order valence-corrected chi connectivity index (χ4v) is 1.46. The maximum atomic E-state index is 10.6. The van der Waals surface area contributed by atoms with Gasteiger partial charge in [-0.05, 0) is 30.7 Å². The molecule has 1 atom stereocenters. The van der Waals surface area contributed by atoms with Gasteiger partial charge in [-0.3, -0.25) is 0 Å². The molecule has 0 spiro atoms. The van der Waals surface area contributed by atoms with Crippen LogP contribution in [0.2, 0.25) is 0 Å². The highest BCUT2D eigenvalue weighted by atomic mass is 16.6. The quantitative estimate of drug-likeness (QED) is 0.562. The van der Waals surface area contributed by atoms with Crippen LogP contribution < -0.4 is 4.74 Å². The Morgan fingerprint density at radius 2 is 2.00 bits per heavy atom. The van der Waals surface area contributed by atoms with Crippen molar-refractivity contribution >= 4 is 5.97 Å². The van der Waals surface area contributed by atoms with Crippen molar-refractivity contribution in [3.05, 3.63) is 29.8 Å². The van der Waals surface area contributed by atoms with Crippen LogP contribution in [-0.2, 0) is 9.47 Å². The highest BCUT2D eigenvalue weighted by Crippen LogP contribution is 2.13. The van der Waals surface area contributed by atoms with Crippen LogP contribution in [0.15, 0.2) is 24.3 Å². The van der Waals surface area contributed by atoms with E-state index in [9.17, 15) is 4.79 Å². The Morgan fingerprint density at radius 1 is 1.28 bits per heavy atom. The summed E-state index contributed by atoms with van der Waals surface area (Å²) in [5, 5.41) is 8.73. The third-order valence-corrected chi connectivity index (χ3v) is 2.58. The van der Waals surface area contributed by atoms with Gasteiger partial charge < -0.3 is 19.3 Å². The summed E-state index contributed by atoms with van der Waals surface area (Å²) in [7, 11) is 0. The number of benzene rings is 1. The molecule has 1 heterocycles. The molecule has 5 heteroatoms. The number of ether oxygens (including phenoxy) is 3. The molecule has 18 heavy (non-hydrogen) atoms. The minimum Gasteiger partial charge on any atom is -0.491 e. The van der Waals surface area contributed by atoms with E-state index in [1.165, 1.54) is 12.1 Å². The van der Waals surface area contributed by atoms with Crippen LogP contribution in [0, 0.1) is 0 Å². The van der Waals surface area contributed by atoms with Gasteiger partial charge in [0.25, 0.3) is 0 Å². The number of hydrogen-bond donors (Lipinski definition) is 1. The highest BCUT2D eigenvalue weighted by Gasteiger charge is 2.21. The lowest BCUT2D eigenvalue weighted by atomic mass is 10.2. The molecular weight excluding hydrogens is 236 g/mol. The van der Waals surface area contributed by atoms with Crippen LogP contribution in [0.4, 0.5) is 0 Å². The van der Waals surface area contributed by atoms with Crippen molar-refractivity contribution in [2.24, 2.45) is 0 Å². The van der Waals surface area contributed by atoms with E-state index in [4.69, 9.17) is 19.3 Å². The molecule has 0 aromatic heterocycles. The monoisotopic (exact) mass is 252 g/mol. The number of aromatic carboxylic acids is 1. The van der Waals surface area contributed by atoms with E-state index in [0.29, 0.717) is 31.7 Å². The molecule has 1 aliphatic rings. The number of rotatable bonds is 8. The van der Waals surface area contributed by atoms with Crippen molar-refractivity contribution < 1.29 is 24.1 Å². The molecule has 0 amide bonds. The fourth-order valence-electron chi connectivity index (χ4n) is 1.46. The van der Waals surface area contributed by atoms with Crippen LogP contribution >= 0.6 is 0 Å². The van der Waals surface area contributed by atoms with Crippen LogP contribution in [0.25, 0.3) is 0 Å². The topological polar surface area (TPSA) is 68.3 Å². The molecule has 1 N–H and O–H groups in total. The highest BCUT2D eigenvalue weighted by molar-refractivity contribution is 5.87. The van der Waals surface area contributed by atoms with Gasteiger partial charge in [-0.15, -0.1) is 0 Å². The summed E-state index contributed by atoms with van der Waals surface area (Å²) >= 11 is 0. The Hall–Kier alpha value is -1.59. The SMILES string of the molecule is O=C(O)c1ccc(OCCOCCC2CO2)cc1. The molecule has 1 fully saturated rings. The minimum atomic E-state index is -0.938. The lowest BCUT2D eigenvalue weighted by Gasteiger charge is -2.06. The summed E-state index contributed by atoms with van der Waals surface area (Å²) < 4.78 is 15.8. The van der Waals surface area contributed by atoms with Crippen LogP contribution in [0.3, 0.4) is 0 Å². The number of carboxylic acid groups (broad SMARTS) is 1. The maximum absolute atomic E-state index is 10.6. The molecule has 5 nitrogen and oxygen atoms in total. The molecule has 0 saturated carbocycles.